The normalized spacial score (nSPS) is 11.7. The van der Waals surface area contributed by atoms with Gasteiger partial charge >= 0.3 is 5.97 Å². The molecule has 0 spiro atoms. The van der Waals surface area contributed by atoms with E-state index in [0.29, 0.717) is 24.6 Å². The number of rotatable bonds is 6. The van der Waals surface area contributed by atoms with Gasteiger partial charge in [-0.15, -0.1) is 21.5 Å². The molecule has 0 amide bonds. The number of carbonyl (C=O) groups is 1. The number of fused-ring (bicyclic) bond motifs is 1. The zero-order valence-corrected chi connectivity index (χ0v) is 18.3. The van der Waals surface area contributed by atoms with Gasteiger partial charge in [0.05, 0.1) is 23.1 Å². The number of aromatic nitrogens is 3. The van der Waals surface area contributed by atoms with Gasteiger partial charge in [-0.2, -0.15) is 0 Å². The molecule has 0 fully saturated rings. The fraction of sp³-hybridized carbons (Fsp3) is 0.304. The third kappa shape index (κ3) is 5.52. The molecule has 0 saturated heterocycles. The minimum Gasteiger partial charge on any atom is -0.460 e. The second-order valence-corrected chi connectivity index (χ2v) is 9.27. The molecule has 0 unspecified atom stereocenters. The van der Waals surface area contributed by atoms with Gasteiger partial charge in [0, 0.05) is 6.42 Å². The Morgan fingerprint density at radius 1 is 1.10 bits per heavy atom. The fourth-order valence-electron chi connectivity index (χ4n) is 3.09. The summed E-state index contributed by atoms with van der Waals surface area (Å²) in [6.45, 7) is 5.48. The Kier molecular flexibility index (Phi) is 5.82. The van der Waals surface area contributed by atoms with Crippen LogP contribution in [0.3, 0.4) is 0 Å². The lowest BCUT2D eigenvalue weighted by molar-refractivity contribution is -0.154. The monoisotopic (exact) mass is 439 g/mol. The Balaban J connectivity index is 1.43. The van der Waals surface area contributed by atoms with Crippen molar-refractivity contribution in [2.45, 2.75) is 45.6 Å². The molecule has 0 N–H and O–H groups in total. The van der Waals surface area contributed by atoms with Crippen molar-refractivity contribution in [2.75, 3.05) is 0 Å². The van der Waals surface area contributed by atoms with Crippen LogP contribution in [0, 0.1) is 5.82 Å². The highest BCUT2D eigenvalue weighted by Gasteiger charge is 2.18. The summed E-state index contributed by atoms with van der Waals surface area (Å²) in [5, 5.41) is 8.92. The van der Waals surface area contributed by atoms with E-state index in [9.17, 15) is 9.18 Å². The molecular weight excluding hydrogens is 417 g/mol. The fourth-order valence-corrected chi connectivity index (χ4v) is 4.08. The number of nitrogens with zero attached hydrogens (tertiary/aromatic N) is 3. The third-order valence-electron chi connectivity index (χ3n) is 4.36. The SMILES string of the molecule is CC(C)(C)OC(=O)CCc1nnc(Cc2nc3ccc(-c4cccc(F)c4)cc3s2)o1. The number of benzene rings is 2. The molecular formula is C23H22FN3O3S. The van der Waals surface area contributed by atoms with Crippen LogP contribution in [-0.4, -0.2) is 26.8 Å². The van der Waals surface area contributed by atoms with Gasteiger partial charge in [0.1, 0.15) is 16.4 Å². The maximum absolute atomic E-state index is 13.5. The van der Waals surface area contributed by atoms with Crippen LogP contribution >= 0.6 is 11.3 Å². The highest BCUT2D eigenvalue weighted by atomic mass is 32.1. The van der Waals surface area contributed by atoms with E-state index >= 15 is 0 Å². The first-order chi connectivity index (χ1) is 14.7. The Bertz CT molecular complexity index is 1230. The van der Waals surface area contributed by atoms with E-state index in [0.717, 1.165) is 26.4 Å². The smallest absolute Gasteiger partial charge is 0.306 e. The largest absolute Gasteiger partial charge is 0.460 e. The second-order valence-electron chi connectivity index (χ2n) is 8.15. The number of thiazole rings is 1. The Morgan fingerprint density at radius 2 is 1.87 bits per heavy atom. The zero-order valence-electron chi connectivity index (χ0n) is 17.5. The highest BCUT2D eigenvalue weighted by Crippen LogP contribution is 2.29. The summed E-state index contributed by atoms with van der Waals surface area (Å²) in [5.74, 6) is 0.285. The number of aryl methyl sites for hydroxylation is 1. The summed E-state index contributed by atoms with van der Waals surface area (Å²) in [7, 11) is 0. The molecule has 4 rings (SSSR count). The van der Waals surface area contributed by atoms with E-state index < -0.39 is 5.60 Å². The molecule has 2 aromatic carbocycles. The minimum atomic E-state index is -0.515. The molecule has 2 heterocycles. The van der Waals surface area contributed by atoms with E-state index in [-0.39, 0.29) is 18.2 Å². The van der Waals surface area contributed by atoms with Gasteiger partial charge in [0.2, 0.25) is 11.8 Å². The average Bonchev–Trinajstić information content (AvgIpc) is 3.30. The van der Waals surface area contributed by atoms with Crippen molar-refractivity contribution in [3.05, 3.63) is 65.1 Å². The molecule has 31 heavy (non-hydrogen) atoms. The number of ether oxygens (including phenoxy) is 1. The van der Waals surface area contributed by atoms with Gasteiger partial charge in [-0.05, 0) is 56.2 Å². The Morgan fingerprint density at radius 3 is 2.65 bits per heavy atom. The van der Waals surface area contributed by atoms with E-state index in [2.05, 4.69) is 15.2 Å². The molecule has 0 radical (unpaired) electrons. The Labute approximate surface area is 183 Å². The molecule has 160 valence electrons. The average molecular weight is 440 g/mol. The van der Waals surface area contributed by atoms with Crippen LogP contribution in [0.1, 0.15) is 44.0 Å². The molecule has 0 atom stereocenters. The molecule has 4 aromatic rings. The van der Waals surface area contributed by atoms with Gasteiger partial charge in [0.25, 0.3) is 0 Å². The van der Waals surface area contributed by atoms with Crippen LogP contribution in [0.25, 0.3) is 21.3 Å². The van der Waals surface area contributed by atoms with Crippen LogP contribution in [0.5, 0.6) is 0 Å². The highest BCUT2D eigenvalue weighted by molar-refractivity contribution is 7.18. The van der Waals surface area contributed by atoms with Crippen LogP contribution < -0.4 is 0 Å². The molecule has 2 aromatic heterocycles. The predicted molar refractivity (Wildman–Crippen MR) is 116 cm³/mol. The zero-order chi connectivity index (χ0) is 22.0. The lowest BCUT2D eigenvalue weighted by atomic mass is 10.1. The number of hydrogen-bond donors (Lipinski definition) is 0. The van der Waals surface area contributed by atoms with Gasteiger partial charge < -0.3 is 9.15 Å². The van der Waals surface area contributed by atoms with Gasteiger partial charge in [-0.25, -0.2) is 9.37 Å². The molecule has 0 bridgehead atoms. The summed E-state index contributed by atoms with van der Waals surface area (Å²) in [5.41, 5.74) is 2.11. The molecule has 0 aliphatic heterocycles. The van der Waals surface area contributed by atoms with Crippen molar-refractivity contribution in [3.63, 3.8) is 0 Å². The van der Waals surface area contributed by atoms with Crippen LogP contribution in [-0.2, 0) is 22.4 Å². The van der Waals surface area contributed by atoms with E-state index in [1.165, 1.54) is 23.5 Å². The first-order valence-corrected chi connectivity index (χ1v) is 10.8. The molecule has 8 heteroatoms. The van der Waals surface area contributed by atoms with Crippen molar-refractivity contribution in [3.8, 4) is 11.1 Å². The summed E-state index contributed by atoms with van der Waals surface area (Å²) < 4.78 is 25.5. The number of carbonyl (C=O) groups excluding carboxylic acids is 1. The maximum Gasteiger partial charge on any atom is 0.306 e. The Hall–Kier alpha value is -3.13. The van der Waals surface area contributed by atoms with Crippen LogP contribution in [0.15, 0.2) is 46.9 Å². The maximum atomic E-state index is 13.5. The van der Waals surface area contributed by atoms with Crippen molar-refractivity contribution in [1.29, 1.82) is 0 Å². The number of halogens is 1. The van der Waals surface area contributed by atoms with Crippen molar-refractivity contribution >= 4 is 27.5 Å². The quantitative estimate of drug-likeness (QED) is 0.377. The summed E-state index contributed by atoms with van der Waals surface area (Å²) in [4.78, 5) is 16.5. The second kappa shape index (κ2) is 8.55. The van der Waals surface area contributed by atoms with E-state index in [4.69, 9.17) is 9.15 Å². The third-order valence-corrected chi connectivity index (χ3v) is 5.38. The summed E-state index contributed by atoms with van der Waals surface area (Å²) >= 11 is 1.53. The lowest BCUT2D eigenvalue weighted by Crippen LogP contribution is -2.24. The molecule has 6 nitrogen and oxygen atoms in total. The van der Waals surface area contributed by atoms with E-state index in [1.54, 1.807) is 6.07 Å². The number of hydrogen-bond acceptors (Lipinski definition) is 7. The minimum absolute atomic E-state index is 0.183. The van der Waals surface area contributed by atoms with Crippen LogP contribution in [0.2, 0.25) is 0 Å². The predicted octanol–water partition coefficient (Wildman–Crippen LogP) is 5.35. The van der Waals surface area contributed by atoms with Crippen molar-refractivity contribution in [2.24, 2.45) is 0 Å². The van der Waals surface area contributed by atoms with E-state index in [1.807, 2.05) is 45.0 Å². The summed E-state index contributed by atoms with van der Waals surface area (Å²) in [6, 6.07) is 12.4. The van der Waals surface area contributed by atoms with Gasteiger partial charge in [-0.3, -0.25) is 4.79 Å². The van der Waals surface area contributed by atoms with Crippen LogP contribution in [0.4, 0.5) is 4.39 Å². The first-order valence-electron chi connectivity index (χ1n) is 9.94. The standard InChI is InChI=1S/C23H22FN3O3S/c1-23(2,3)30-22(28)10-9-19-26-27-20(29-19)13-21-25-17-8-7-15(12-18(17)31-21)14-5-4-6-16(24)11-14/h4-8,11-12H,9-10,13H2,1-3H3. The molecule has 0 aliphatic rings. The summed E-state index contributed by atoms with van der Waals surface area (Å²) in [6.07, 6.45) is 0.926. The number of esters is 1. The topological polar surface area (TPSA) is 78.1 Å². The molecule has 0 saturated carbocycles. The van der Waals surface area contributed by atoms with Gasteiger partial charge in [-0.1, -0.05) is 18.2 Å². The molecule has 0 aliphatic carbocycles. The van der Waals surface area contributed by atoms with Crippen molar-refractivity contribution < 1.29 is 18.3 Å². The lowest BCUT2D eigenvalue weighted by Gasteiger charge is -2.19. The van der Waals surface area contributed by atoms with Crippen molar-refractivity contribution in [1.82, 2.24) is 15.2 Å². The van der Waals surface area contributed by atoms with Gasteiger partial charge in [0.15, 0.2) is 0 Å². The first kappa shape index (κ1) is 21.1.